The number of benzene rings is 1. The minimum Gasteiger partial charge on any atom is -0.444 e. The molecule has 1 aromatic carbocycles. The fourth-order valence-corrected chi connectivity index (χ4v) is 3.95. The normalized spacial score (nSPS) is 16.5. The molecule has 1 heterocycles. The molecule has 2 atom stereocenters. The molecular formula is C26H40N4O5. The van der Waals surface area contributed by atoms with Crippen LogP contribution in [0.5, 0.6) is 0 Å². The van der Waals surface area contributed by atoms with E-state index in [2.05, 4.69) is 16.0 Å². The number of carbonyl (C=O) groups is 4. The van der Waals surface area contributed by atoms with Gasteiger partial charge in [0.1, 0.15) is 17.7 Å². The molecule has 0 aliphatic carbocycles. The van der Waals surface area contributed by atoms with Crippen LogP contribution in [0, 0.1) is 5.92 Å². The van der Waals surface area contributed by atoms with Crippen LogP contribution in [0.4, 0.5) is 4.79 Å². The Balaban J connectivity index is 1.89. The van der Waals surface area contributed by atoms with E-state index in [0.717, 1.165) is 6.42 Å². The topological polar surface area (TPSA) is 117 Å². The van der Waals surface area contributed by atoms with E-state index < -0.39 is 23.8 Å². The fourth-order valence-electron chi connectivity index (χ4n) is 3.95. The SMILES string of the molecule is CC(C)C[C@H](NC(=O)c1ccccc1)C(=O)N1CCC[C@H]1C(=O)NCCCNC(=O)OC(C)(C)C. The zero-order valence-electron chi connectivity index (χ0n) is 21.6. The highest BCUT2D eigenvalue weighted by Gasteiger charge is 2.37. The van der Waals surface area contributed by atoms with Crippen LogP contribution in [0.15, 0.2) is 30.3 Å². The number of hydrogen-bond donors (Lipinski definition) is 3. The average molecular weight is 489 g/mol. The molecule has 1 saturated heterocycles. The molecule has 1 fully saturated rings. The van der Waals surface area contributed by atoms with Crippen molar-refractivity contribution in [3.63, 3.8) is 0 Å². The van der Waals surface area contributed by atoms with E-state index in [1.807, 2.05) is 19.9 Å². The largest absolute Gasteiger partial charge is 0.444 e. The van der Waals surface area contributed by atoms with Crippen molar-refractivity contribution in [2.75, 3.05) is 19.6 Å². The van der Waals surface area contributed by atoms with Crippen LogP contribution in [0.1, 0.15) is 70.7 Å². The molecule has 1 aliphatic heterocycles. The molecule has 0 radical (unpaired) electrons. The Hall–Kier alpha value is -3.10. The van der Waals surface area contributed by atoms with Crippen LogP contribution >= 0.6 is 0 Å². The molecule has 4 amide bonds. The second kappa shape index (κ2) is 13.1. The predicted molar refractivity (Wildman–Crippen MR) is 134 cm³/mol. The first-order chi connectivity index (χ1) is 16.5. The van der Waals surface area contributed by atoms with E-state index >= 15 is 0 Å². The number of amides is 4. The van der Waals surface area contributed by atoms with Crippen LogP contribution in [0.3, 0.4) is 0 Å². The van der Waals surface area contributed by atoms with E-state index in [9.17, 15) is 19.2 Å². The van der Waals surface area contributed by atoms with E-state index in [-0.39, 0.29) is 23.6 Å². The van der Waals surface area contributed by atoms with E-state index in [0.29, 0.717) is 44.5 Å². The van der Waals surface area contributed by atoms with Crippen LogP contribution in [-0.4, -0.2) is 66.0 Å². The fraction of sp³-hybridized carbons (Fsp3) is 0.615. The van der Waals surface area contributed by atoms with Gasteiger partial charge in [-0.15, -0.1) is 0 Å². The van der Waals surface area contributed by atoms with Crippen molar-refractivity contribution in [2.24, 2.45) is 5.92 Å². The summed E-state index contributed by atoms with van der Waals surface area (Å²) in [5.74, 6) is -0.562. The summed E-state index contributed by atoms with van der Waals surface area (Å²) in [5.41, 5.74) is -0.0742. The predicted octanol–water partition coefficient (Wildman–Crippen LogP) is 2.85. The van der Waals surface area contributed by atoms with Gasteiger partial charge in [-0.2, -0.15) is 0 Å². The summed E-state index contributed by atoms with van der Waals surface area (Å²) in [6, 6.07) is 7.52. The molecular weight excluding hydrogens is 448 g/mol. The highest BCUT2D eigenvalue weighted by molar-refractivity contribution is 5.98. The first kappa shape index (κ1) is 28.1. The van der Waals surface area contributed by atoms with Gasteiger partial charge in [0.25, 0.3) is 5.91 Å². The minimum atomic E-state index is -0.700. The maximum Gasteiger partial charge on any atom is 0.407 e. The standard InChI is InChI=1S/C26H40N4O5/c1-18(2)17-20(29-22(31)19-11-7-6-8-12-19)24(33)30-16-9-13-21(30)23(32)27-14-10-15-28-25(34)35-26(3,4)5/h6-8,11-12,18,20-21H,9-10,13-17H2,1-5H3,(H,27,32)(H,28,34)(H,29,31)/t20-,21-/m0/s1. The van der Waals surface area contributed by atoms with Crippen molar-refractivity contribution in [2.45, 2.75) is 78.0 Å². The summed E-state index contributed by atoms with van der Waals surface area (Å²) in [5, 5.41) is 8.40. The third-order valence-corrected chi connectivity index (χ3v) is 5.51. The molecule has 194 valence electrons. The molecule has 9 nitrogen and oxygen atoms in total. The third-order valence-electron chi connectivity index (χ3n) is 5.51. The van der Waals surface area contributed by atoms with E-state index in [1.54, 1.807) is 49.9 Å². The quantitative estimate of drug-likeness (QED) is 0.438. The van der Waals surface area contributed by atoms with E-state index in [1.165, 1.54) is 0 Å². The summed E-state index contributed by atoms with van der Waals surface area (Å²) < 4.78 is 5.18. The lowest BCUT2D eigenvalue weighted by atomic mass is 10.0. The lowest BCUT2D eigenvalue weighted by molar-refractivity contribution is -0.140. The zero-order chi connectivity index (χ0) is 26.0. The molecule has 2 rings (SSSR count). The summed E-state index contributed by atoms with van der Waals surface area (Å²) in [6.07, 6.45) is 1.83. The second-order valence-corrected chi connectivity index (χ2v) is 10.3. The lowest BCUT2D eigenvalue weighted by Gasteiger charge is -2.29. The Morgan fingerprint density at radius 3 is 2.34 bits per heavy atom. The van der Waals surface area contributed by atoms with Crippen molar-refractivity contribution in [1.29, 1.82) is 0 Å². The first-order valence-electron chi connectivity index (χ1n) is 12.4. The van der Waals surface area contributed by atoms with Crippen LogP contribution in [-0.2, 0) is 14.3 Å². The molecule has 3 N–H and O–H groups in total. The highest BCUT2D eigenvalue weighted by Crippen LogP contribution is 2.21. The van der Waals surface area contributed by atoms with Crippen LogP contribution in [0.2, 0.25) is 0 Å². The maximum absolute atomic E-state index is 13.4. The van der Waals surface area contributed by atoms with Gasteiger partial charge in [0, 0.05) is 25.2 Å². The van der Waals surface area contributed by atoms with Crippen molar-refractivity contribution >= 4 is 23.8 Å². The number of ether oxygens (including phenoxy) is 1. The van der Waals surface area contributed by atoms with Gasteiger partial charge in [0.2, 0.25) is 11.8 Å². The maximum atomic E-state index is 13.4. The van der Waals surface area contributed by atoms with Crippen molar-refractivity contribution in [3.05, 3.63) is 35.9 Å². The number of hydrogen-bond acceptors (Lipinski definition) is 5. The van der Waals surface area contributed by atoms with Gasteiger partial charge in [-0.1, -0.05) is 32.0 Å². The molecule has 9 heteroatoms. The molecule has 1 aliphatic rings. The number of alkyl carbamates (subject to hydrolysis) is 1. The molecule has 35 heavy (non-hydrogen) atoms. The molecule has 0 saturated carbocycles. The molecule has 1 aromatic rings. The van der Waals surface area contributed by atoms with Crippen molar-refractivity contribution < 1.29 is 23.9 Å². The van der Waals surface area contributed by atoms with Crippen LogP contribution < -0.4 is 16.0 Å². The second-order valence-electron chi connectivity index (χ2n) is 10.3. The van der Waals surface area contributed by atoms with Gasteiger partial charge >= 0.3 is 6.09 Å². The zero-order valence-corrected chi connectivity index (χ0v) is 21.6. The lowest BCUT2D eigenvalue weighted by Crippen LogP contribution is -2.54. The van der Waals surface area contributed by atoms with Gasteiger partial charge in [-0.3, -0.25) is 14.4 Å². The number of nitrogens with one attached hydrogen (secondary N) is 3. The molecule has 0 spiro atoms. The molecule has 0 aromatic heterocycles. The van der Waals surface area contributed by atoms with E-state index in [4.69, 9.17) is 4.74 Å². The monoisotopic (exact) mass is 488 g/mol. The minimum absolute atomic E-state index is 0.187. The van der Waals surface area contributed by atoms with Crippen molar-refractivity contribution in [1.82, 2.24) is 20.9 Å². The number of likely N-dealkylation sites (tertiary alicyclic amines) is 1. The first-order valence-corrected chi connectivity index (χ1v) is 12.4. The molecule has 0 bridgehead atoms. The summed E-state index contributed by atoms with van der Waals surface area (Å²) in [6.45, 7) is 10.6. The van der Waals surface area contributed by atoms with Gasteiger partial charge < -0.3 is 25.6 Å². The Kier molecular flexibility index (Phi) is 10.5. The highest BCUT2D eigenvalue weighted by atomic mass is 16.6. The van der Waals surface area contributed by atoms with Crippen molar-refractivity contribution in [3.8, 4) is 0 Å². The van der Waals surface area contributed by atoms with Gasteiger partial charge in [0.15, 0.2) is 0 Å². The Bertz CT molecular complexity index is 866. The molecule has 0 unspecified atom stereocenters. The Labute approximate surface area is 208 Å². The summed E-state index contributed by atoms with van der Waals surface area (Å²) in [7, 11) is 0. The van der Waals surface area contributed by atoms with Gasteiger partial charge in [-0.05, 0) is 64.5 Å². The van der Waals surface area contributed by atoms with Gasteiger partial charge in [0.05, 0.1) is 0 Å². The average Bonchev–Trinajstić information content (AvgIpc) is 3.27. The number of carbonyl (C=O) groups excluding carboxylic acids is 4. The Morgan fingerprint density at radius 1 is 1.06 bits per heavy atom. The summed E-state index contributed by atoms with van der Waals surface area (Å²) in [4.78, 5) is 52.2. The van der Waals surface area contributed by atoms with Crippen LogP contribution in [0.25, 0.3) is 0 Å². The number of nitrogens with zero attached hydrogens (tertiary/aromatic N) is 1. The number of rotatable bonds is 10. The Morgan fingerprint density at radius 2 is 1.71 bits per heavy atom. The third kappa shape index (κ3) is 9.58. The van der Waals surface area contributed by atoms with Gasteiger partial charge in [-0.25, -0.2) is 4.79 Å². The smallest absolute Gasteiger partial charge is 0.407 e. The summed E-state index contributed by atoms with van der Waals surface area (Å²) >= 11 is 0.